The molecule has 0 aliphatic carbocycles. The van der Waals surface area contributed by atoms with Crippen molar-refractivity contribution in [1.29, 1.82) is 0 Å². The molecular weight excluding hydrogens is 310 g/mol. The van der Waals surface area contributed by atoms with Gasteiger partial charge in [-0.25, -0.2) is 4.79 Å². The Morgan fingerprint density at radius 2 is 1.71 bits per heavy atom. The zero-order valence-electron chi connectivity index (χ0n) is 13.1. The average molecular weight is 325 g/mol. The number of hydrogen-bond acceptors (Lipinski definition) is 4. The van der Waals surface area contributed by atoms with Gasteiger partial charge < -0.3 is 14.6 Å². The molecule has 2 aromatic carbocycles. The smallest absolute Gasteiger partial charge is 0.337 e. The van der Waals surface area contributed by atoms with E-state index in [2.05, 4.69) is 0 Å². The Bertz CT molecular complexity index is 942. The van der Waals surface area contributed by atoms with Crippen LogP contribution in [0.4, 0.5) is 0 Å². The number of fused-ring (bicyclic) bond motifs is 1. The van der Waals surface area contributed by atoms with E-state index in [1.165, 1.54) is 25.0 Å². The second kappa shape index (κ2) is 6.08. The van der Waals surface area contributed by atoms with Gasteiger partial charge in [0.1, 0.15) is 0 Å². The second-order valence-corrected chi connectivity index (χ2v) is 5.11. The molecule has 3 rings (SSSR count). The summed E-state index contributed by atoms with van der Waals surface area (Å²) in [6, 6.07) is 11.7. The molecule has 0 amide bonds. The Kier molecular flexibility index (Phi) is 3.95. The van der Waals surface area contributed by atoms with Crippen molar-refractivity contribution in [2.75, 3.05) is 14.2 Å². The van der Waals surface area contributed by atoms with Gasteiger partial charge in [0.2, 0.25) is 0 Å². The number of carboxylic acid groups (broad SMARTS) is 1. The lowest BCUT2D eigenvalue weighted by Crippen LogP contribution is -2.11. The summed E-state index contributed by atoms with van der Waals surface area (Å²) in [7, 11) is 3.00. The number of carbonyl (C=O) groups excluding carboxylic acids is 1. The molecule has 0 aliphatic heterocycles. The van der Waals surface area contributed by atoms with Gasteiger partial charge in [0.15, 0.2) is 11.5 Å². The number of aromatic nitrogens is 1. The monoisotopic (exact) mass is 325 g/mol. The van der Waals surface area contributed by atoms with Crippen LogP contribution in [0.15, 0.2) is 48.7 Å². The molecule has 6 nitrogen and oxygen atoms in total. The summed E-state index contributed by atoms with van der Waals surface area (Å²) in [6.07, 6.45) is 1.34. The number of nitrogens with zero attached hydrogens (tertiary/aromatic N) is 1. The summed E-state index contributed by atoms with van der Waals surface area (Å²) in [5.41, 5.74) is 0.986. The first-order chi connectivity index (χ1) is 11.6. The van der Waals surface area contributed by atoms with Crippen LogP contribution in [0.2, 0.25) is 0 Å². The SMILES string of the molecule is COc1ccc(C(=O)n2cc(C(=O)O)c3ccccc32)cc1OC. The molecule has 0 fully saturated rings. The number of benzene rings is 2. The fraction of sp³-hybridized carbons (Fsp3) is 0.111. The van der Waals surface area contributed by atoms with Gasteiger partial charge in [-0.1, -0.05) is 18.2 Å². The van der Waals surface area contributed by atoms with Crippen LogP contribution >= 0.6 is 0 Å². The van der Waals surface area contributed by atoms with E-state index in [0.717, 1.165) is 0 Å². The minimum Gasteiger partial charge on any atom is -0.493 e. The van der Waals surface area contributed by atoms with Crippen molar-refractivity contribution in [2.45, 2.75) is 0 Å². The highest BCUT2D eigenvalue weighted by Crippen LogP contribution is 2.29. The van der Waals surface area contributed by atoms with Crippen molar-refractivity contribution in [2.24, 2.45) is 0 Å². The summed E-state index contributed by atoms with van der Waals surface area (Å²) in [5.74, 6) is -0.486. The summed E-state index contributed by atoms with van der Waals surface area (Å²) >= 11 is 0. The van der Waals surface area contributed by atoms with Crippen LogP contribution in [0.1, 0.15) is 20.7 Å². The predicted molar refractivity (Wildman–Crippen MR) is 88.2 cm³/mol. The first-order valence-corrected chi connectivity index (χ1v) is 7.17. The van der Waals surface area contributed by atoms with E-state index in [0.29, 0.717) is 28.0 Å². The van der Waals surface area contributed by atoms with E-state index >= 15 is 0 Å². The van der Waals surface area contributed by atoms with Crippen LogP contribution in [-0.4, -0.2) is 35.8 Å². The summed E-state index contributed by atoms with van der Waals surface area (Å²) in [4.78, 5) is 24.2. The van der Waals surface area contributed by atoms with Gasteiger partial charge in [0.05, 0.1) is 25.3 Å². The van der Waals surface area contributed by atoms with Crippen molar-refractivity contribution in [3.8, 4) is 11.5 Å². The minimum atomic E-state index is -1.08. The van der Waals surface area contributed by atoms with Gasteiger partial charge in [0, 0.05) is 17.1 Å². The van der Waals surface area contributed by atoms with E-state index in [9.17, 15) is 14.7 Å². The van der Waals surface area contributed by atoms with E-state index in [1.54, 1.807) is 42.5 Å². The van der Waals surface area contributed by atoms with Crippen molar-refractivity contribution < 1.29 is 24.2 Å². The first-order valence-electron chi connectivity index (χ1n) is 7.17. The number of aromatic carboxylic acids is 1. The second-order valence-electron chi connectivity index (χ2n) is 5.11. The Morgan fingerprint density at radius 1 is 1.00 bits per heavy atom. The highest BCUT2D eigenvalue weighted by Gasteiger charge is 2.19. The molecule has 1 aromatic heterocycles. The third-order valence-corrected chi connectivity index (χ3v) is 3.79. The minimum absolute atomic E-state index is 0.0828. The van der Waals surface area contributed by atoms with Crippen molar-refractivity contribution in [3.63, 3.8) is 0 Å². The molecule has 0 radical (unpaired) electrons. The molecule has 0 unspecified atom stereocenters. The zero-order valence-corrected chi connectivity index (χ0v) is 13.1. The zero-order chi connectivity index (χ0) is 17.3. The number of carbonyl (C=O) groups is 2. The van der Waals surface area contributed by atoms with Crippen LogP contribution in [0, 0.1) is 0 Å². The summed E-state index contributed by atoms with van der Waals surface area (Å²) in [5, 5.41) is 9.85. The molecule has 0 saturated heterocycles. The molecule has 0 atom stereocenters. The maximum Gasteiger partial charge on any atom is 0.337 e. The largest absolute Gasteiger partial charge is 0.493 e. The highest BCUT2D eigenvalue weighted by molar-refractivity contribution is 6.09. The maximum atomic E-state index is 12.8. The molecule has 1 heterocycles. The molecule has 0 saturated carbocycles. The van der Waals surface area contributed by atoms with Gasteiger partial charge in [-0.3, -0.25) is 9.36 Å². The Balaban J connectivity index is 2.14. The lowest BCUT2D eigenvalue weighted by Gasteiger charge is -2.10. The van der Waals surface area contributed by atoms with Gasteiger partial charge in [-0.05, 0) is 24.3 Å². The molecule has 24 heavy (non-hydrogen) atoms. The molecule has 0 bridgehead atoms. The predicted octanol–water partition coefficient (Wildman–Crippen LogP) is 3.05. The van der Waals surface area contributed by atoms with Gasteiger partial charge in [-0.2, -0.15) is 0 Å². The Morgan fingerprint density at radius 3 is 2.38 bits per heavy atom. The van der Waals surface area contributed by atoms with Crippen LogP contribution in [0.25, 0.3) is 10.9 Å². The number of para-hydroxylation sites is 1. The molecule has 6 heteroatoms. The van der Waals surface area contributed by atoms with Crippen LogP contribution in [-0.2, 0) is 0 Å². The number of methoxy groups -OCH3 is 2. The fourth-order valence-corrected chi connectivity index (χ4v) is 2.63. The van der Waals surface area contributed by atoms with Crippen molar-refractivity contribution in [1.82, 2.24) is 4.57 Å². The van der Waals surface area contributed by atoms with Gasteiger partial charge >= 0.3 is 5.97 Å². The number of ether oxygens (including phenoxy) is 2. The first kappa shape index (κ1) is 15.6. The highest BCUT2D eigenvalue weighted by atomic mass is 16.5. The molecule has 3 aromatic rings. The molecule has 0 spiro atoms. The topological polar surface area (TPSA) is 77.8 Å². The van der Waals surface area contributed by atoms with Gasteiger partial charge in [-0.15, -0.1) is 0 Å². The summed E-state index contributed by atoms with van der Waals surface area (Å²) in [6.45, 7) is 0. The third-order valence-electron chi connectivity index (χ3n) is 3.79. The quantitative estimate of drug-likeness (QED) is 0.798. The summed E-state index contributed by atoms with van der Waals surface area (Å²) < 4.78 is 11.7. The van der Waals surface area contributed by atoms with E-state index in [4.69, 9.17) is 9.47 Å². The molecule has 1 N–H and O–H groups in total. The molecule has 0 aliphatic rings. The van der Waals surface area contributed by atoms with Crippen LogP contribution in [0.3, 0.4) is 0 Å². The van der Waals surface area contributed by atoms with Crippen molar-refractivity contribution >= 4 is 22.8 Å². The van der Waals surface area contributed by atoms with Crippen LogP contribution < -0.4 is 9.47 Å². The third kappa shape index (κ3) is 2.48. The number of carboxylic acids is 1. The van der Waals surface area contributed by atoms with E-state index in [1.807, 2.05) is 0 Å². The number of rotatable bonds is 4. The average Bonchev–Trinajstić information content (AvgIpc) is 3.00. The van der Waals surface area contributed by atoms with Crippen molar-refractivity contribution in [3.05, 3.63) is 59.8 Å². The lowest BCUT2D eigenvalue weighted by atomic mass is 10.1. The maximum absolute atomic E-state index is 12.8. The van der Waals surface area contributed by atoms with Crippen LogP contribution in [0.5, 0.6) is 11.5 Å². The lowest BCUT2D eigenvalue weighted by molar-refractivity contribution is 0.0699. The fourth-order valence-electron chi connectivity index (χ4n) is 2.63. The Labute approximate surface area is 137 Å². The molecule has 122 valence electrons. The standard InChI is InChI=1S/C18H15NO5/c1-23-15-8-7-11(9-16(15)24-2)17(20)19-10-13(18(21)22)12-5-3-4-6-14(12)19/h3-10H,1-2H3,(H,21,22). The normalized spacial score (nSPS) is 10.6. The van der Waals surface area contributed by atoms with E-state index < -0.39 is 5.97 Å². The molecular formula is C18H15NO5. The van der Waals surface area contributed by atoms with E-state index in [-0.39, 0.29) is 11.5 Å². The number of hydrogen-bond donors (Lipinski definition) is 1. The van der Waals surface area contributed by atoms with Gasteiger partial charge in [0.25, 0.3) is 5.91 Å². The Hall–Kier alpha value is -3.28.